The number of carbonyl (C=O) groups excluding carboxylic acids is 2. The SMILES string of the molecule is C=CC[C@]1(F)C(=O)C=C[C@]2(C)[C@H]1[C@@H]1C(C)=C[C@H]2C(=O)[C@@]1(F)CC=C.C=CCc1cc(C)ccc1O. The van der Waals surface area contributed by atoms with E-state index >= 15 is 8.78 Å². The molecule has 0 heterocycles. The molecule has 5 heteroatoms. The highest BCUT2D eigenvalue weighted by molar-refractivity contribution is 6.02. The van der Waals surface area contributed by atoms with Crippen molar-refractivity contribution >= 4 is 11.6 Å². The predicted octanol–water partition coefficient (Wildman–Crippen LogP) is 6.52. The molecule has 2 bridgehead atoms. The number of fused-ring (bicyclic) bond motifs is 1. The topological polar surface area (TPSA) is 54.4 Å². The third-order valence-electron chi connectivity index (χ3n) is 7.76. The lowest BCUT2D eigenvalue weighted by Crippen LogP contribution is -2.69. The average molecular weight is 481 g/mol. The number of hydrogen-bond acceptors (Lipinski definition) is 3. The molecule has 1 N–H and O–H groups in total. The number of phenols is 1. The second-order valence-electron chi connectivity index (χ2n) is 10.1. The van der Waals surface area contributed by atoms with Crippen molar-refractivity contribution in [3.05, 3.63) is 91.1 Å². The van der Waals surface area contributed by atoms with Crippen molar-refractivity contribution in [2.45, 2.75) is 51.4 Å². The van der Waals surface area contributed by atoms with Gasteiger partial charge in [-0.25, -0.2) is 8.78 Å². The summed E-state index contributed by atoms with van der Waals surface area (Å²) >= 11 is 0. The van der Waals surface area contributed by atoms with E-state index in [4.69, 9.17) is 0 Å². The van der Waals surface area contributed by atoms with Crippen LogP contribution in [0.3, 0.4) is 0 Å². The largest absolute Gasteiger partial charge is 0.508 e. The van der Waals surface area contributed by atoms with Gasteiger partial charge in [0.25, 0.3) is 0 Å². The lowest BCUT2D eigenvalue weighted by molar-refractivity contribution is -0.172. The third-order valence-corrected chi connectivity index (χ3v) is 7.76. The molecule has 0 spiro atoms. The van der Waals surface area contributed by atoms with Crippen LogP contribution in [0.1, 0.15) is 37.8 Å². The van der Waals surface area contributed by atoms with Gasteiger partial charge in [-0.15, -0.1) is 19.7 Å². The minimum absolute atomic E-state index is 0.174. The smallest absolute Gasteiger partial charge is 0.193 e. The first-order valence-corrected chi connectivity index (χ1v) is 11.9. The van der Waals surface area contributed by atoms with E-state index in [2.05, 4.69) is 19.7 Å². The maximum atomic E-state index is 15.9. The Morgan fingerprint density at radius 2 is 1.66 bits per heavy atom. The summed E-state index contributed by atoms with van der Waals surface area (Å²) in [5, 5.41) is 9.32. The monoisotopic (exact) mass is 480 g/mol. The van der Waals surface area contributed by atoms with Gasteiger partial charge in [0.2, 0.25) is 0 Å². The van der Waals surface area contributed by atoms with E-state index in [1.165, 1.54) is 23.8 Å². The minimum Gasteiger partial charge on any atom is -0.508 e. The summed E-state index contributed by atoms with van der Waals surface area (Å²) in [6.07, 6.45) is 9.43. The zero-order valence-electron chi connectivity index (χ0n) is 20.7. The number of allylic oxidation sites excluding steroid dienone is 7. The summed E-state index contributed by atoms with van der Waals surface area (Å²) in [5.74, 6) is -3.53. The van der Waals surface area contributed by atoms with Crippen LogP contribution in [0.4, 0.5) is 8.78 Å². The van der Waals surface area contributed by atoms with E-state index in [0.29, 0.717) is 11.3 Å². The molecule has 6 atom stereocenters. The van der Waals surface area contributed by atoms with E-state index in [9.17, 15) is 14.7 Å². The molecule has 0 aliphatic heterocycles. The third kappa shape index (κ3) is 4.15. The molecule has 4 aliphatic carbocycles. The molecule has 1 aromatic rings. The van der Waals surface area contributed by atoms with Crippen molar-refractivity contribution in [3.8, 4) is 5.75 Å². The molecule has 1 saturated carbocycles. The van der Waals surface area contributed by atoms with Crippen molar-refractivity contribution in [3.63, 3.8) is 0 Å². The molecular formula is C30H34F2O3. The number of rotatable bonds is 6. The fraction of sp³-hybridized carbons (Fsp3) is 0.400. The summed E-state index contributed by atoms with van der Waals surface area (Å²) in [6.45, 7) is 16.2. The van der Waals surface area contributed by atoms with Crippen LogP contribution < -0.4 is 0 Å². The Hall–Kier alpha value is -3.08. The average Bonchev–Trinajstić information content (AvgIpc) is 2.79. The summed E-state index contributed by atoms with van der Waals surface area (Å²) in [5.41, 5.74) is -2.62. The lowest BCUT2D eigenvalue weighted by Gasteiger charge is -2.61. The number of halogens is 2. The van der Waals surface area contributed by atoms with E-state index in [-0.39, 0.29) is 12.8 Å². The van der Waals surface area contributed by atoms with Gasteiger partial charge in [0.05, 0.1) is 0 Å². The summed E-state index contributed by atoms with van der Waals surface area (Å²) in [7, 11) is 0. The molecule has 5 rings (SSSR count). The number of benzene rings is 1. The summed E-state index contributed by atoms with van der Waals surface area (Å²) in [4.78, 5) is 25.2. The highest BCUT2D eigenvalue weighted by atomic mass is 19.1. The second kappa shape index (κ2) is 9.52. The van der Waals surface area contributed by atoms with Gasteiger partial charge < -0.3 is 5.11 Å². The highest BCUT2D eigenvalue weighted by Crippen LogP contribution is 2.65. The maximum Gasteiger partial charge on any atom is 0.193 e. The lowest BCUT2D eigenvalue weighted by atomic mass is 9.42. The fourth-order valence-electron chi connectivity index (χ4n) is 6.18. The Morgan fingerprint density at radius 1 is 1.03 bits per heavy atom. The van der Waals surface area contributed by atoms with Crippen LogP contribution in [0.5, 0.6) is 5.75 Å². The quantitative estimate of drug-likeness (QED) is 0.472. The van der Waals surface area contributed by atoms with Gasteiger partial charge in [-0.3, -0.25) is 9.59 Å². The number of alkyl halides is 2. The standard InChI is InChI=1S/C20H22F2O2.C10H12O/c1-5-8-19(21)14(23)7-10-18(4)13-11-12(3)15(16(18)19)20(22,9-6-2)17(13)24;1-3-4-9-7-8(2)5-6-10(9)11/h5-7,10-11,13,15-16H,1-2,8-9H2,3-4H3;3,5-7,11H,1,4H2,2H3/t13-,15-,16+,18-,19-,20+;/m0./s1. The molecular weight excluding hydrogens is 446 g/mol. The number of ketones is 2. The normalized spacial score (nSPS) is 34.9. The first-order valence-electron chi connectivity index (χ1n) is 11.9. The Morgan fingerprint density at radius 3 is 2.26 bits per heavy atom. The fourth-order valence-corrected chi connectivity index (χ4v) is 6.18. The Kier molecular flexibility index (Phi) is 7.21. The van der Waals surface area contributed by atoms with Crippen molar-refractivity contribution in [2.75, 3.05) is 0 Å². The molecule has 1 aromatic carbocycles. The van der Waals surface area contributed by atoms with Gasteiger partial charge >= 0.3 is 0 Å². The van der Waals surface area contributed by atoms with Crippen molar-refractivity contribution < 1.29 is 23.5 Å². The van der Waals surface area contributed by atoms with Crippen molar-refractivity contribution in [1.82, 2.24) is 0 Å². The van der Waals surface area contributed by atoms with Crippen LogP contribution in [0.25, 0.3) is 0 Å². The number of aryl methyl sites for hydroxylation is 1. The number of Topliss-reactive ketones (excluding diaryl/α,β-unsaturated/α-hetero) is 1. The number of aromatic hydroxyl groups is 1. The molecule has 3 nitrogen and oxygen atoms in total. The van der Waals surface area contributed by atoms with Gasteiger partial charge in [0.1, 0.15) is 5.75 Å². The van der Waals surface area contributed by atoms with E-state index in [0.717, 1.165) is 12.0 Å². The Bertz CT molecular complexity index is 1130. The molecule has 0 aromatic heterocycles. The van der Waals surface area contributed by atoms with Crippen LogP contribution in [0.2, 0.25) is 0 Å². The van der Waals surface area contributed by atoms with Crippen LogP contribution in [0.15, 0.2) is 80.0 Å². The van der Waals surface area contributed by atoms with E-state index in [1.54, 1.807) is 38.1 Å². The second-order valence-corrected chi connectivity index (χ2v) is 10.1. The molecule has 4 aliphatic rings. The summed E-state index contributed by atoms with van der Waals surface area (Å²) in [6, 6.07) is 5.58. The van der Waals surface area contributed by atoms with Gasteiger partial charge in [-0.2, -0.15) is 0 Å². The van der Waals surface area contributed by atoms with Crippen LogP contribution in [-0.2, 0) is 16.0 Å². The van der Waals surface area contributed by atoms with Crippen molar-refractivity contribution in [1.29, 1.82) is 0 Å². The Balaban J connectivity index is 0.000000261. The molecule has 35 heavy (non-hydrogen) atoms. The minimum atomic E-state index is -2.25. The van der Waals surface area contributed by atoms with Gasteiger partial charge in [0, 0.05) is 36.0 Å². The molecule has 0 unspecified atom stereocenters. The van der Waals surface area contributed by atoms with Gasteiger partial charge in [-0.05, 0) is 38.0 Å². The number of phenolic OH excluding ortho intramolecular Hbond substituents is 1. The molecule has 0 amide bonds. The molecule has 0 radical (unpaired) electrons. The summed E-state index contributed by atoms with van der Waals surface area (Å²) < 4.78 is 31.7. The van der Waals surface area contributed by atoms with Crippen LogP contribution in [0, 0.1) is 30.1 Å². The number of hydrogen-bond donors (Lipinski definition) is 1. The predicted molar refractivity (Wildman–Crippen MR) is 136 cm³/mol. The molecule has 1 fully saturated rings. The zero-order valence-corrected chi connectivity index (χ0v) is 20.7. The highest BCUT2D eigenvalue weighted by Gasteiger charge is 2.72. The van der Waals surface area contributed by atoms with Crippen LogP contribution in [-0.4, -0.2) is 28.0 Å². The van der Waals surface area contributed by atoms with E-state index in [1.807, 2.05) is 19.1 Å². The first kappa shape index (κ1) is 26.5. The Labute approximate surface area is 206 Å². The maximum absolute atomic E-state index is 15.9. The molecule has 186 valence electrons. The van der Waals surface area contributed by atoms with Crippen LogP contribution >= 0.6 is 0 Å². The molecule has 0 saturated heterocycles. The number of carbonyl (C=O) groups is 2. The van der Waals surface area contributed by atoms with Gasteiger partial charge in [0.15, 0.2) is 22.9 Å². The van der Waals surface area contributed by atoms with Gasteiger partial charge in [-0.1, -0.05) is 60.6 Å². The van der Waals surface area contributed by atoms with Crippen molar-refractivity contribution in [2.24, 2.45) is 23.2 Å². The zero-order chi connectivity index (χ0) is 26.2. The first-order chi connectivity index (χ1) is 16.4. The van der Waals surface area contributed by atoms with E-state index < -0.39 is 46.1 Å².